The smallest absolute Gasteiger partial charge is 0.341 e. The molecule has 0 saturated heterocycles. The van der Waals surface area contributed by atoms with E-state index in [0.717, 1.165) is 30.4 Å². The Morgan fingerprint density at radius 2 is 2.00 bits per heavy atom. The highest BCUT2D eigenvalue weighted by molar-refractivity contribution is 7.17. The molecule has 1 aliphatic carbocycles. The minimum Gasteiger partial charge on any atom is -0.459 e. The third-order valence-electron chi connectivity index (χ3n) is 4.59. The molecule has 6 heteroatoms. The van der Waals surface area contributed by atoms with E-state index in [0.29, 0.717) is 21.5 Å². The molecule has 28 heavy (non-hydrogen) atoms. The van der Waals surface area contributed by atoms with Gasteiger partial charge in [-0.05, 0) is 68.4 Å². The van der Waals surface area contributed by atoms with Crippen molar-refractivity contribution in [2.45, 2.75) is 46.1 Å². The van der Waals surface area contributed by atoms with Crippen molar-refractivity contribution in [3.05, 3.63) is 56.9 Å². The molecule has 2 aromatic rings. The number of ether oxygens (including phenoxy) is 1. The van der Waals surface area contributed by atoms with Crippen molar-refractivity contribution in [3.63, 3.8) is 0 Å². The maximum absolute atomic E-state index is 12.7. The average molecular weight is 418 g/mol. The van der Waals surface area contributed by atoms with Gasteiger partial charge in [0.2, 0.25) is 5.91 Å². The first kappa shape index (κ1) is 20.6. The predicted molar refractivity (Wildman–Crippen MR) is 115 cm³/mol. The highest BCUT2D eigenvalue weighted by atomic mass is 35.5. The average Bonchev–Trinajstić information content (AvgIpc) is 2.97. The fourth-order valence-corrected chi connectivity index (χ4v) is 4.75. The standard InChI is InChI=1S/C22H24ClNO3S/c1-13(2)27-22(26)20-17-10-4-14(3)12-18(17)28-21(20)24-19(25)11-7-15-5-8-16(23)9-6-15/h5-9,11,13-14H,4,10,12H2,1-3H3,(H,24,25). The van der Waals surface area contributed by atoms with Gasteiger partial charge in [0.05, 0.1) is 11.7 Å². The molecule has 1 heterocycles. The number of nitrogens with one attached hydrogen (secondary N) is 1. The van der Waals surface area contributed by atoms with Gasteiger partial charge in [-0.1, -0.05) is 30.7 Å². The van der Waals surface area contributed by atoms with Gasteiger partial charge in [0.25, 0.3) is 0 Å². The van der Waals surface area contributed by atoms with E-state index in [2.05, 4.69) is 12.2 Å². The van der Waals surface area contributed by atoms with E-state index in [9.17, 15) is 9.59 Å². The van der Waals surface area contributed by atoms with Gasteiger partial charge in [-0.2, -0.15) is 0 Å². The number of hydrogen-bond donors (Lipinski definition) is 1. The van der Waals surface area contributed by atoms with Crippen LogP contribution in [0.15, 0.2) is 30.3 Å². The molecule has 1 aromatic carbocycles. The van der Waals surface area contributed by atoms with Crippen molar-refractivity contribution in [1.82, 2.24) is 0 Å². The molecule has 4 nitrogen and oxygen atoms in total. The van der Waals surface area contributed by atoms with Gasteiger partial charge in [-0.3, -0.25) is 4.79 Å². The summed E-state index contributed by atoms with van der Waals surface area (Å²) in [6.07, 6.45) is 5.77. The molecule has 3 rings (SSSR count). The van der Waals surface area contributed by atoms with Crippen LogP contribution in [0.5, 0.6) is 0 Å². The van der Waals surface area contributed by atoms with Crippen LogP contribution in [0, 0.1) is 5.92 Å². The minimum absolute atomic E-state index is 0.209. The van der Waals surface area contributed by atoms with Crippen LogP contribution in [0.2, 0.25) is 5.02 Å². The number of carbonyl (C=O) groups is 2. The lowest BCUT2D eigenvalue weighted by atomic mass is 9.88. The van der Waals surface area contributed by atoms with Gasteiger partial charge in [0.15, 0.2) is 0 Å². The van der Waals surface area contributed by atoms with Gasteiger partial charge in [0.1, 0.15) is 5.00 Å². The van der Waals surface area contributed by atoms with Crippen LogP contribution < -0.4 is 5.32 Å². The van der Waals surface area contributed by atoms with E-state index in [1.54, 1.807) is 18.2 Å². The number of thiophene rings is 1. The van der Waals surface area contributed by atoms with E-state index in [-0.39, 0.29) is 18.0 Å². The molecule has 1 aliphatic rings. The molecular formula is C22H24ClNO3S. The second-order valence-corrected chi connectivity index (χ2v) is 8.93. The molecule has 0 saturated carbocycles. The molecule has 1 amide bonds. The zero-order valence-corrected chi connectivity index (χ0v) is 17.8. The Morgan fingerprint density at radius 1 is 1.29 bits per heavy atom. The first-order chi connectivity index (χ1) is 13.3. The molecule has 0 bridgehead atoms. The molecule has 1 atom stereocenters. The Labute approximate surface area is 174 Å². The molecule has 148 valence electrons. The van der Waals surface area contributed by atoms with Gasteiger partial charge in [-0.15, -0.1) is 11.3 Å². The lowest BCUT2D eigenvalue weighted by Gasteiger charge is -2.18. The van der Waals surface area contributed by atoms with Crippen molar-refractivity contribution in [1.29, 1.82) is 0 Å². The maximum atomic E-state index is 12.7. The summed E-state index contributed by atoms with van der Waals surface area (Å²) in [7, 11) is 0. The van der Waals surface area contributed by atoms with Crippen LogP contribution in [0.1, 0.15) is 53.6 Å². The maximum Gasteiger partial charge on any atom is 0.341 e. The van der Waals surface area contributed by atoms with E-state index < -0.39 is 0 Å². The number of rotatable bonds is 5. The van der Waals surface area contributed by atoms with Gasteiger partial charge in [0, 0.05) is 16.0 Å². The van der Waals surface area contributed by atoms with Crippen LogP contribution in [0.25, 0.3) is 6.08 Å². The molecule has 0 spiro atoms. The van der Waals surface area contributed by atoms with E-state index in [4.69, 9.17) is 16.3 Å². The summed E-state index contributed by atoms with van der Waals surface area (Å²) in [6.45, 7) is 5.86. The summed E-state index contributed by atoms with van der Waals surface area (Å²) in [5, 5.41) is 4.11. The minimum atomic E-state index is -0.362. The number of amides is 1. The summed E-state index contributed by atoms with van der Waals surface area (Å²) >= 11 is 7.37. The highest BCUT2D eigenvalue weighted by Gasteiger charge is 2.29. The molecule has 1 aromatic heterocycles. The SMILES string of the molecule is CC1CCc2c(sc(NC(=O)C=Cc3ccc(Cl)cc3)c2C(=O)OC(C)C)C1. The van der Waals surface area contributed by atoms with Crippen molar-refractivity contribution in [2.24, 2.45) is 5.92 Å². The second-order valence-electron chi connectivity index (χ2n) is 7.38. The lowest BCUT2D eigenvalue weighted by Crippen LogP contribution is -2.18. The number of fused-ring (bicyclic) bond motifs is 1. The fourth-order valence-electron chi connectivity index (χ4n) is 3.23. The molecule has 0 radical (unpaired) electrons. The number of anilines is 1. The number of hydrogen-bond acceptors (Lipinski definition) is 4. The topological polar surface area (TPSA) is 55.4 Å². The van der Waals surface area contributed by atoms with E-state index in [1.165, 1.54) is 22.3 Å². The number of benzene rings is 1. The largest absolute Gasteiger partial charge is 0.459 e. The first-order valence-electron chi connectivity index (χ1n) is 9.43. The lowest BCUT2D eigenvalue weighted by molar-refractivity contribution is -0.111. The molecular weight excluding hydrogens is 394 g/mol. The zero-order chi connectivity index (χ0) is 20.3. The van der Waals surface area contributed by atoms with Crippen molar-refractivity contribution >= 4 is 45.9 Å². The quantitative estimate of drug-likeness (QED) is 0.498. The molecule has 0 fully saturated rings. The zero-order valence-electron chi connectivity index (χ0n) is 16.3. The monoisotopic (exact) mass is 417 g/mol. The van der Waals surface area contributed by atoms with Crippen molar-refractivity contribution < 1.29 is 14.3 Å². The highest BCUT2D eigenvalue weighted by Crippen LogP contribution is 2.40. The summed E-state index contributed by atoms with van der Waals surface area (Å²) in [5.74, 6) is -0.0623. The number of carbonyl (C=O) groups excluding carboxylic acids is 2. The Hall–Kier alpha value is -2.11. The van der Waals surface area contributed by atoms with E-state index >= 15 is 0 Å². The Bertz CT molecular complexity index is 899. The Balaban J connectivity index is 1.82. The fraction of sp³-hybridized carbons (Fsp3) is 0.364. The van der Waals surface area contributed by atoms with Gasteiger partial charge < -0.3 is 10.1 Å². The third-order valence-corrected chi connectivity index (χ3v) is 6.01. The summed E-state index contributed by atoms with van der Waals surface area (Å²) < 4.78 is 5.44. The third kappa shape index (κ3) is 5.03. The van der Waals surface area contributed by atoms with Crippen molar-refractivity contribution in [3.8, 4) is 0 Å². The Morgan fingerprint density at radius 3 is 2.68 bits per heavy atom. The van der Waals surface area contributed by atoms with Crippen LogP contribution in [0.3, 0.4) is 0 Å². The normalized spacial score (nSPS) is 16.2. The summed E-state index contributed by atoms with van der Waals surface area (Å²) in [5.41, 5.74) is 2.43. The van der Waals surface area contributed by atoms with Gasteiger partial charge in [-0.25, -0.2) is 4.79 Å². The van der Waals surface area contributed by atoms with E-state index in [1.807, 2.05) is 26.0 Å². The van der Waals surface area contributed by atoms with Crippen molar-refractivity contribution in [2.75, 3.05) is 5.32 Å². The molecule has 0 aliphatic heterocycles. The Kier molecular flexibility index (Phi) is 6.57. The first-order valence-corrected chi connectivity index (χ1v) is 10.6. The number of halogens is 1. The second kappa shape index (κ2) is 8.93. The van der Waals surface area contributed by atoms with Crippen LogP contribution in [-0.2, 0) is 22.4 Å². The van der Waals surface area contributed by atoms with Crippen LogP contribution >= 0.6 is 22.9 Å². The van der Waals surface area contributed by atoms with Gasteiger partial charge >= 0.3 is 5.97 Å². The molecule has 1 unspecified atom stereocenters. The summed E-state index contributed by atoms with van der Waals surface area (Å²) in [4.78, 5) is 26.3. The van der Waals surface area contributed by atoms with Crippen LogP contribution in [-0.4, -0.2) is 18.0 Å². The predicted octanol–water partition coefficient (Wildman–Crippen LogP) is 5.74. The molecule has 1 N–H and O–H groups in total. The van der Waals surface area contributed by atoms with Crippen LogP contribution in [0.4, 0.5) is 5.00 Å². The summed E-state index contributed by atoms with van der Waals surface area (Å²) in [6, 6.07) is 7.22. The number of esters is 1.